The molecule has 2 unspecified atom stereocenters. The molecule has 0 N–H and O–H groups in total. The Labute approximate surface area is 139 Å². The maximum absolute atomic E-state index is 6.09. The van der Waals surface area contributed by atoms with E-state index in [1.165, 1.54) is 38.5 Å². The lowest BCUT2D eigenvalue weighted by Gasteiger charge is -2.27. The minimum Gasteiger partial charge on any atom is -0.473 e. The molecule has 4 rings (SSSR count). The summed E-state index contributed by atoms with van der Waals surface area (Å²) in [6.45, 7) is 2.14. The molecule has 0 spiro atoms. The van der Waals surface area contributed by atoms with Gasteiger partial charge in [-0.15, -0.1) is 0 Å². The Morgan fingerprint density at radius 1 is 1.00 bits per heavy atom. The Bertz CT molecular complexity index is 532. The zero-order valence-corrected chi connectivity index (χ0v) is 14.2. The highest BCUT2D eigenvalue weighted by atomic mass is 16.5. The van der Waals surface area contributed by atoms with Crippen LogP contribution in [0, 0.1) is 0 Å². The van der Waals surface area contributed by atoms with Gasteiger partial charge in [-0.3, -0.25) is 9.88 Å². The van der Waals surface area contributed by atoms with Crippen molar-refractivity contribution in [1.29, 1.82) is 0 Å². The first-order valence-electron chi connectivity index (χ1n) is 9.25. The van der Waals surface area contributed by atoms with E-state index in [0.717, 1.165) is 37.8 Å². The lowest BCUT2D eigenvalue weighted by atomic mass is 9.98. The van der Waals surface area contributed by atoms with Gasteiger partial charge >= 0.3 is 0 Å². The van der Waals surface area contributed by atoms with E-state index in [1.807, 2.05) is 6.20 Å². The highest BCUT2D eigenvalue weighted by Crippen LogP contribution is 2.30. The molecule has 2 atom stereocenters. The summed E-state index contributed by atoms with van der Waals surface area (Å²) >= 11 is 0. The highest BCUT2D eigenvalue weighted by molar-refractivity contribution is 5.38. The van der Waals surface area contributed by atoms with Gasteiger partial charge in [0.05, 0.1) is 12.4 Å². The van der Waals surface area contributed by atoms with Crippen LogP contribution in [0.25, 0.3) is 0 Å². The molecule has 1 aromatic heterocycles. The smallest absolute Gasteiger partial charge is 0.234 e. The predicted octanol–water partition coefficient (Wildman–Crippen LogP) is 2.86. The van der Waals surface area contributed by atoms with Crippen molar-refractivity contribution in [2.75, 3.05) is 25.0 Å². The molecule has 5 heteroatoms. The van der Waals surface area contributed by atoms with E-state index in [4.69, 9.17) is 9.72 Å². The molecule has 0 aromatic carbocycles. The maximum Gasteiger partial charge on any atom is 0.234 e. The van der Waals surface area contributed by atoms with Crippen LogP contribution in [0.4, 0.5) is 5.82 Å². The van der Waals surface area contributed by atoms with Gasteiger partial charge in [-0.25, -0.2) is 0 Å². The molecule has 1 saturated carbocycles. The fraction of sp³-hybridized carbons (Fsp3) is 0.778. The molecule has 2 aliphatic heterocycles. The summed E-state index contributed by atoms with van der Waals surface area (Å²) in [7, 11) is 2.28. The van der Waals surface area contributed by atoms with Crippen LogP contribution in [0.5, 0.6) is 5.88 Å². The molecule has 2 bridgehead atoms. The molecule has 3 heterocycles. The van der Waals surface area contributed by atoms with Crippen LogP contribution < -0.4 is 9.64 Å². The number of ether oxygens (including phenoxy) is 1. The van der Waals surface area contributed by atoms with Crippen LogP contribution in [0.15, 0.2) is 12.4 Å². The van der Waals surface area contributed by atoms with Gasteiger partial charge in [-0.1, -0.05) is 6.42 Å². The molecule has 126 valence electrons. The molecule has 1 aromatic rings. The summed E-state index contributed by atoms with van der Waals surface area (Å²) in [6, 6.07) is 1.41. The summed E-state index contributed by atoms with van der Waals surface area (Å²) in [5.41, 5.74) is 0. The molecule has 2 saturated heterocycles. The zero-order chi connectivity index (χ0) is 15.6. The third-order valence-electron chi connectivity index (χ3n) is 5.91. The monoisotopic (exact) mass is 316 g/mol. The van der Waals surface area contributed by atoms with Gasteiger partial charge in [-0.05, 0) is 52.0 Å². The van der Waals surface area contributed by atoms with Gasteiger partial charge in [0.15, 0.2) is 5.82 Å². The number of fused-ring (bicyclic) bond motifs is 2. The van der Waals surface area contributed by atoms with Crippen LogP contribution >= 0.6 is 0 Å². The molecule has 3 aliphatic rings. The average Bonchev–Trinajstić information content (AvgIpc) is 2.81. The predicted molar refractivity (Wildman–Crippen MR) is 90.9 cm³/mol. The molecule has 0 amide bonds. The fourth-order valence-corrected chi connectivity index (χ4v) is 4.42. The van der Waals surface area contributed by atoms with Crippen molar-refractivity contribution >= 4 is 5.82 Å². The summed E-state index contributed by atoms with van der Waals surface area (Å²) in [4.78, 5) is 14.1. The van der Waals surface area contributed by atoms with Crippen LogP contribution in [-0.2, 0) is 0 Å². The Balaban J connectivity index is 1.45. The summed E-state index contributed by atoms with van der Waals surface area (Å²) in [5, 5.41) is 0. The Hall–Kier alpha value is -1.36. The van der Waals surface area contributed by atoms with Gasteiger partial charge in [0.2, 0.25) is 5.88 Å². The van der Waals surface area contributed by atoms with Crippen molar-refractivity contribution in [3.8, 4) is 5.88 Å². The number of rotatable bonds is 3. The van der Waals surface area contributed by atoms with E-state index < -0.39 is 0 Å². The first-order chi connectivity index (χ1) is 11.3. The quantitative estimate of drug-likeness (QED) is 0.858. The summed E-state index contributed by atoms with van der Waals surface area (Å²) < 4.78 is 6.09. The molecule has 1 aliphatic carbocycles. The molecule has 3 fully saturated rings. The van der Waals surface area contributed by atoms with Gasteiger partial charge in [0.1, 0.15) is 6.10 Å². The molecular formula is C18H28N4O. The topological polar surface area (TPSA) is 41.5 Å². The van der Waals surface area contributed by atoms with Gasteiger partial charge in [0.25, 0.3) is 0 Å². The number of anilines is 1. The van der Waals surface area contributed by atoms with Gasteiger partial charge < -0.3 is 9.64 Å². The van der Waals surface area contributed by atoms with E-state index in [-0.39, 0.29) is 0 Å². The second-order valence-corrected chi connectivity index (χ2v) is 7.38. The van der Waals surface area contributed by atoms with Crippen molar-refractivity contribution in [2.24, 2.45) is 0 Å². The van der Waals surface area contributed by atoms with Crippen LogP contribution in [0.3, 0.4) is 0 Å². The summed E-state index contributed by atoms with van der Waals surface area (Å²) in [6.07, 6.45) is 14.1. The minimum atomic E-state index is 0.333. The van der Waals surface area contributed by atoms with Crippen molar-refractivity contribution in [3.05, 3.63) is 12.4 Å². The molecule has 23 heavy (non-hydrogen) atoms. The standard InChI is InChI=1S/C18H28N4O/c1-21-14-7-8-15(21)13-22(10-9-14)17-11-19-12-18(20-17)23-16-5-3-2-4-6-16/h11-12,14-16H,2-10,13H2,1H3. The largest absolute Gasteiger partial charge is 0.473 e. The number of hydrogen-bond acceptors (Lipinski definition) is 5. The average molecular weight is 316 g/mol. The third kappa shape index (κ3) is 3.30. The highest BCUT2D eigenvalue weighted by Gasteiger charge is 2.35. The lowest BCUT2D eigenvalue weighted by Crippen LogP contribution is -2.37. The molecule has 5 nitrogen and oxygen atoms in total. The number of nitrogens with zero attached hydrogens (tertiary/aromatic N) is 4. The normalized spacial score (nSPS) is 29.5. The SMILES string of the molecule is CN1C2CCC1CN(c1cncc(OC3CCCCC3)n1)CC2. The Morgan fingerprint density at radius 2 is 1.83 bits per heavy atom. The molecule has 0 radical (unpaired) electrons. The van der Waals surface area contributed by atoms with Crippen LogP contribution in [0.2, 0.25) is 0 Å². The van der Waals surface area contributed by atoms with Gasteiger partial charge in [0, 0.05) is 25.2 Å². The lowest BCUT2D eigenvalue weighted by molar-refractivity contribution is 0.148. The van der Waals surface area contributed by atoms with Crippen molar-refractivity contribution in [3.63, 3.8) is 0 Å². The van der Waals surface area contributed by atoms with E-state index in [9.17, 15) is 0 Å². The van der Waals surface area contributed by atoms with Crippen molar-refractivity contribution in [2.45, 2.75) is 69.6 Å². The fourth-order valence-electron chi connectivity index (χ4n) is 4.42. The number of aromatic nitrogens is 2. The van der Waals surface area contributed by atoms with E-state index in [2.05, 4.69) is 21.8 Å². The third-order valence-corrected chi connectivity index (χ3v) is 5.91. The van der Waals surface area contributed by atoms with Crippen LogP contribution in [-0.4, -0.2) is 53.2 Å². The van der Waals surface area contributed by atoms with E-state index >= 15 is 0 Å². The van der Waals surface area contributed by atoms with Crippen LogP contribution in [0.1, 0.15) is 51.4 Å². The minimum absolute atomic E-state index is 0.333. The Morgan fingerprint density at radius 3 is 2.70 bits per heavy atom. The van der Waals surface area contributed by atoms with Crippen molar-refractivity contribution in [1.82, 2.24) is 14.9 Å². The van der Waals surface area contributed by atoms with Gasteiger partial charge in [-0.2, -0.15) is 4.98 Å². The number of hydrogen-bond donors (Lipinski definition) is 0. The first kappa shape index (κ1) is 15.2. The number of likely N-dealkylation sites (N-methyl/N-ethyl adjacent to an activating group) is 1. The summed E-state index contributed by atoms with van der Waals surface area (Å²) in [5.74, 6) is 1.69. The first-order valence-corrected chi connectivity index (χ1v) is 9.25. The van der Waals surface area contributed by atoms with Crippen molar-refractivity contribution < 1.29 is 4.74 Å². The Kier molecular flexibility index (Phi) is 4.38. The molecular weight excluding hydrogens is 288 g/mol. The zero-order valence-electron chi connectivity index (χ0n) is 14.2. The second-order valence-electron chi connectivity index (χ2n) is 7.38. The maximum atomic E-state index is 6.09. The second kappa shape index (κ2) is 6.63. The van der Waals surface area contributed by atoms with E-state index in [0.29, 0.717) is 18.0 Å². The van der Waals surface area contributed by atoms with E-state index in [1.54, 1.807) is 6.20 Å².